The first-order valence-corrected chi connectivity index (χ1v) is 8.98. The molecule has 0 radical (unpaired) electrons. The van der Waals surface area contributed by atoms with Crippen LogP contribution in [-0.4, -0.2) is 28.2 Å². The van der Waals surface area contributed by atoms with Gasteiger partial charge < -0.3 is 4.57 Å². The van der Waals surface area contributed by atoms with Gasteiger partial charge in [-0.05, 0) is 30.3 Å². The zero-order valence-electron chi connectivity index (χ0n) is 12.6. The Balaban J connectivity index is 1.80. The number of aromatic nitrogens is 2. The lowest BCUT2D eigenvalue weighted by atomic mass is 10.2. The monoisotopic (exact) mass is 361 g/mol. The first-order chi connectivity index (χ1) is 11.4. The zero-order chi connectivity index (χ0) is 17.1. The van der Waals surface area contributed by atoms with Crippen LogP contribution in [0.4, 0.5) is 0 Å². The molecule has 1 aromatic heterocycles. The number of amides is 1. The Hall–Kier alpha value is -2.38. The molecule has 2 aromatic carbocycles. The molecule has 0 unspecified atom stereocenters. The third-order valence-corrected chi connectivity index (χ3v) is 6.15. The average molecular weight is 362 g/mol. The van der Waals surface area contributed by atoms with Gasteiger partial charge in [0, 0.05) is 12.1 Å². The van der Waals surface area contributed by atoms with Crippen molar-refractivity contribution in [3.8, 4) is 0 Å². The van der Waals surface area contributed by atoms with Crippen LogP contribution in [0.3, 0.4) is 0 Å². The number of halogens is 1. The van der Waals surface area contributed by atoms with Gasteiger partial charge in [-0.25, -0.2) is 17.7 Å². The molecule has 2 heterocycles. The molecule has 0 atom stereocenters. The molecule has 8 heteroatoms. The van der Waals surface area contributed by atoms with E-state index < -0.39 is 15.9 Å². The molecule has 0 saturated carbocycles. The fourth-order valence-electron chi connectivity index (χ4n) is 2.88. The summed E-state index contributed by atoms with van der Waals surface area (Å²) in [5, 5.41) is 0.546. The number of rotatable bonds is 2. The lowest BCUT2D eigenvalue weighted by molar-refractivity contribution is 0.0862. The number of aryl methyl sites for hydroxylation is 1. The van der Waals surface area contributed by atoms with E-state index in [-0.39, 0.29) is 17.0 Å². The fourth-order valence-corrected chi connectivity index (χ4v) is 4.57. The van der Waals surface area contributed by atoms with E-state index in [4.69, 9.17) is 11.6 Å². The molecule has 0 spiro atoms. The highest BCUT2D eigenvalue weighted by Gasteiger charge is 2.41. The number of carbonyl (C=O) groups is 1. The second-order valence-corrected chi connectivity index (χ2v) is 7.80. The molecule has 1 amide bonds. The van der Waals surface area contributed by atoms with Crippen LogP contribution in [0.25, 0.3) is 11.0 Å². The van der Waals surface area contributed by atoms with Gasteiger partial charge in [0.1, 0.15) is 10.7 Å². The van der Waals surface area contributed by atoms with Gasteiger partial charge in [0.25, 0.3) is 15.9 Å². The minimum absolute atomic E-state index is 0.0387. The van der Waals surface area contributed by atoms with E-state index in [0.29, 0.717) is 16.4 Å². The van der Waals surface area contributed by atoms with Crippen molar-refractivity contribution in [1.29, 1.82) is 0 Å². The highest BCUT2D eigenvalue weighted by atomic mass is 35.5. The highest BCUT2D eigenvalue weighted by molar-refractivity contribution is 7.90. The maximum atomic E-state index is 12.6. The maximum absolute atomic E-state index is 12.6. The highest BCUT2D eigenvalue weighted by Crippen LogP contribution is 2.31. The quantitative estimate of drug-likeness (QED) is 0.703. The van der Waals surface area contributed by atoms with Crippen molar-refractivity contribution in [2.45, 2.75) is 11.4 Å². The first-order valence-electron chi connectivity index (χ1n) is 7.16. The summed E-state index contributed by atoms with van der Waals surface area (Å²) in [7, 11) is -2.08. The molecule has 4 rings (SSSR count). The smallest absolute Gasteiger partial charge is 0.269 e. The van der Waals surface area contributed by atoms with Gasteiger partial charge in [-0.2, -0.15) is 0 Å². The lowest BCUT2D eigenvalue weighted by Gasteiger charge is -2.14. The number of benzene rings is 2. The summed E-state index contributed by atoms with van der Waals surface area (Å²) in [5.41, 5.74) is 1.66. The van der Waals surface area contributed by atoms with Crippen molar-refractivity contribution in [1.82, 2.24) is 13.9 Å². The molecule has 0 fully saturated rings. The van der Waals surface area contributed by atoms with Crippen LogP contribution >= 0.6 is 11.6 Å². The summed E-state index contributed by atoms with van der Waals surface area (Å²) < 4.78 is 27.9. The van der Waals surface area contributed by atoms with Crippen LogP contribution in [0.2, 0.25) is 5.02 Å². The predicted molar refractivity (Wildman–Crippen MR) is 89.2 cm³/mol. The molecule has 3 aromatic rings. The van der Waals surface area contributed by atoms with Crippen molar-refractivity contribution in [2.24, 2.45) is 7.05 Å². The Morgan fingerprint density at radius 1 is 1.17 bits per heavy atom. The zero-order valence-corrected chi connectivity index (χ0v) is 14.2. The van der Waals surface area contributed by atoms with Crippen LogP contribution in [-0.2, 0) is 23.6 Å². The molecule has 0 N–H and O–H groups in total. The number of hydrogen-bond donors (Lipinski definition) is 0. The van der Waals surface area contributed by atoms with E-state index in [2.05, 4.69) is 4.98 Å². The predicted octanol–water partition coefficient (Wildman–Crippen LogP) is 2.57. The minimum Gasteiger partial charge on any atom is -0.330 e. The van der Waals surface area contributed by atoms with Crippen LogP contribution in [0, 0.1) is 0 Å². The van der Waals surface area contributed by atoms with E-state index in [1.165, 1.54) is 12.1 Å². The molecular formula is C16H12ClN3O3S. The molecule has 0 saturated heterocycles. The van der Waals surface area contributed by atoms with Gasteiger partial charge in [0.05, 0.1) is 23.1 Å². The Kier molecular flexibility index (Phi) is 3.20. The Bertz CT molecular complexity index is 1100. The Labute approximate surface area is 143 Å². The largest absolute Gasteiger partial charge is 0.330 e. The summed E-state index contributed by atoms with van der Waals surface area (Å²) in [6, 6.07) is 11.5. The van der Waals surface area contributed by atoms with E-state index in [1.807, 2.05) is 6.07 Å². The van der Waals surface area contributed by atoms with Gasteiger partial charge in [-0.1, -0.05) is 23.7 Å². The first kappa shape index (κ1) is 15.2. The van der Waals surface area contributed by atoms with Crippen molar-refractivity contribution in [3.05, 3.63) is 58.9 Å². The molecule has 122 valence electrons. The molecule has 6 nitrogen and oxygen atoms in total. The summed E-state index contributed by atoms with van der Waals surface area (Å²) >= 11 is 5.97. The molecule has 0 bridgehead atoms. The minimum atomic E-state index is -3.85. The Morgan fingerprint density at radius 2 is 1.92 bits per heavy atom. The standard InChI is InChI=1S/C16H12ClN3O3S/c1-19-13-7-6-10(17)8-12(13)18-15(19)9-20-16(21)11-4-2-3-5-14(11)24(20,22)23/h2-8H,9H2,1H3. The van der Waals surface area contributed by atoms with Crippen LogP contribution in [0.5, 0.6) is 0 Å². The lowest BCUT2D eigenvalue weighted by Crippen LogP contribution is -2.30. The van der Waals surface area contributed by atoms with Crippen molar-refractivity contribution in [2.75, 3.05) is 0 Å². The van der Waals surface area contributed by atoms with Crippen molar-refractivity contribution in [3.63, 3.8) is 0 Å². The number of fused-ring (bicyclic) bond motifs is 2. The van der Waals surface area contributed by atoms with Gasteiger partial charge in [0.2, 0.25) is 0 Å². The number of imidazole rings is 1. The third kappa shape index (κ3) is 2.05. The summed E-state index contributed by atoms with van der Waals surface area (Å²) in [5.74, 6) is -0.0623. The second-order valence-electron chi connectivity index (χ2n) is 5.53. The van der Waals surface area contributed by atoms with Crippen molar-refractivity contribution < 1.29 is 13.2 Å². The fraction of sp³-hybridized carbons (Fsp3) is 0.125. The van der Waals surface area contributed by atoms with Gasteiger partial charge in [-0.15, -0.1) is 0 Å². The molecular weight excluding hydrogens is 350 g/mol. The number of hydrogen-bond acceptors (Lipinski definition) is 4. The van der Waals surface area contributed by atoms with Crippen LogP contribution < -0.4 is 0 Å². The SMILES string of the molecule is Cn1c(CN2C(=O)c3ccccc3S2(=O)=O)nc2cc(Cl)ccc21. The molecule has 1 aliphatic rings. The second kappa shape index (κ2) is 5.06. The number of sulfonamides is 1. The summed E-state index contributed by atoms with van der Waals surface area (Å²) in [4.78, 5) is 16.9. The maximum Gasteiger partial charge on any atom is 0.269 e. The topological polar surface area (TPSA) is 72.3 Å². The van der Waals surface area contributed by atoms with Crippen LogP contribution in [0.15, 0.2) is 47.4 Å². The molecule has 0 aliphatic carbocycles. The van der Waals surface area contributed by atoms with Crippen LogP contribution in [0.1, 0.15) is 16.2 Å². The van der Waals surface area contributed by atoms with Crippen molar-refractivity contribution >= 4 is 38.6 Å². The summed E-state index contributed by atoms with van der Waals surface area (Å²) in [6.07, 6.45) is 0. The average Bonchev–Trinajstić information content (AvgIpc) is 2.95. The summed E-state index contributed by atoms with van der Waals surface area (Å²) in [6.45, 7) is -0.126. The Morgan fingerprint density at radius 3 is 2.67 bits per heavy atom. The van der Waals surface area contributed by atoms with E-state index >= 15 is 0 Å². The number of nitrogens with zero attached hydrogens (tertiary/aromatic N) is 3. The third-order valence-electron chi connectivity index (χ3n) is 4.13. The van der Waals surface area contributed by atoms with E-state index in [9.17, 15) is 13.2 Å². The normalized spacial score (nSPS) is 15.9. The molecule has 1 aliphatic heterocycles. The van der Waals surface area contributed by atoms with Gasteiger partial charge in [0.15, 0.2) is 0 Å². The molecule has 24 heavy (non-hydrogen) atoms. The van der Waals surface area contributed by atoms with E-state index in [0.717, 1.165) is 9.82 Å². The van der Waals surface area contributed by atoms with Gasteiger partial charge >= 0.3 is 0 Å². The van der Waals surface area contributed by atoms with Gasteiger partial charge in [-0.3, -0.25) is 4.79 Å². The van der Waals surface area contributed by atoms with E-state index in [1.54, 1.807) is 35.9 Å². The number of carbonyl (C=O) groups excluding carboxylic acids is 1.